The molecule has 0 radical (unpaired) electrons. The smallest absolute Gasteiger partial charge is 0.222 e. The van der Waals surface area contributed by atoms with Crippen molar-refractivity contribution >= 4 is 51.3 Å². The van der Waals surface area contributed by atoms with Crippen molar-refractivity contribution in [3.05, 3.63) is 58.6 Å². The van der Waals surface area contributed by atoms with E-state index in [1.807, 2.05) is 23.1 Å². The SMILES string of the molecule is Cc1ccc2c(c1)c1nnc(SCCCCC(=O)N3CCC4(CC3)OCCO4)nc1n2Cc1cccc(Cl)c1. The first kappa shape index (κ1) is 26.5. The molecule has 2 aliphatic heterocycles. The van der Waals surface area contributed by atoms with E-state index < -0.39 is 5.79 Å². The minimum Gasteiger partial charge on any atom is -0.347 e. The molecule has 39 heavy (non-hydrogen) atoms. The molecule has 2 fully saturated rings. The number of likely N-dealkylation sites (tertiary alicyclic amines) is 1. The highest BCUT2D eigenvalue weighted by atomic mass is 35.5. The number of hydrogen-bond acceptors (Lipinski definition) is 7. The first-order valence-electron chi connectivity index (χ1n) is 13.6. The largest absolute Gasteiger partial charge is 0.347 e. The van der Waals surface area contributed by atoms with E-state index in [1.54, 1.807) is 11.8 Å². The Balaban J connectivity index is 1.08. The lowest BCUT2D eigenvalue weighted by Crippen LogP contribution is -2.47. The van der Waals surface area contributed by atoms with Crippen molar-refractivity contribution in [3.63, 3.8) is 0 Å². The summed E-state index contributed by atoms with van der Waals surface area (Å²) in [5.74, 6) is 0.605. The van der Waals surface area contributed by atoms with Crippen molar-refractivity contribution in [2.75, 3.05) is 32.1 Å². The molecule has 8 nitrogen and oxygen atoms in total. The fourth-order valence-corrected chi connectivity index (χ4v) is 6.47. The number of aryl methyl sites for hydroxylation is 1. The number of benzene rings is 2. The number of nitrogens with zero attached hydrogens (tertiary/aromatic N) is 5. The van der Waals surface area contributed by atoms with Gasteiger partial charge in [0.2, 0.25) is 11.1 Å². The molecule has 2 saturated heterocycles. The van der Waals surface area contributed by atoms with E-state index in [-0.39, 0.29) is 5.91 Å². The van der Waals surface area contributed by atoms with Crippen LogP contribution in [0.4, 0.5) is 0 Å². The van der Waals surface area contributed by atoms with E-state index >= 15 is 0 Å². The lowest BCUT2D eigenvalue weighted by molar-refractivity contribution is -0.187. The van der Waals surface area contributed by atoms with Crippen LogP contribution in [0, 0.1) is 6.92 Å². The summed E-state index contributed by atoms with van der Waals surface area (Å²) in [5.41, 5.74) is 4.98. The topological polar surface area (TPSA) is 82.4 Å². The van der Waals surface area contributed by atoms with E-state index in [1.165, 1.54) is 5.56 Å². The van der Waals surface area contributed by atoms with Gasteiger partial charge in [0, 0.05) is 55.1 Å². The van der Waals surface area contributed by atoms with Crippen LogP contribution in [-0.2, 0) is 20.8 Å². The molecule has 2 aliphatic rings. The molecular formula is C29H32ClN5O3S. The average Bonchev–Trinajstić information content (AvgIpc) is 3.51. The first-order chi connectivity index (χ1) is 19.0. The highest BCUT2D eigenvalue weighted by Gasteiger charge is 2.40. The second-order valence-electron chi connectivity index (χ2n) is 10.3. The summed E-state index contributed by atoms with van der Waals surface area (Å²) in [4.78, 5) is 19.6. The van der Waals surface area contributed by atoms with Crippen LogP contribution in [0.25, 0.3) is 22.1 Å². The van der Waals surface area contributed by atoms with Gasteiger partial charge in [-0.1, -0.05) is 47.1 Å². The van der Waals surface area contributed by atoms with Crippen LogP contribution in [0.2, 0.25) is 5.02 Å². The van der Waals surface area contributed by atoms with E-state index in [0.29, 0.717) is 49.4 Å². The second kappa shape index (κ2) is 11.4. The van der Waals surface area contributed by atoms with Crippen molar-refractivity contribution in [2.24, 2.45) is 0 Å². The average molecular weight is 566 g/mol. The molecule has 0 N–H and O–H groups in total. The van der Waals surface area contributed by atoms with Crippen molar-refractivity contribution in [1.29, 1.82) is 0 Å². The second-order valence-corrected chi connectivity index (χ2v) is 11.8. The van der Waals surface area contributed by atoms with Gasteiger partial charge in [0.05, 0.1) is 18.7 Å². The molecule has 6 rings (SSSR count). The summed E-state index contributed by atoms with van der Waals surface area (Å²) in [6.07, 6.45) is 3.82. The Bertz CT molecular complexity index is 1490. The molecule has 0 atom stereocenters. The number of hydrogen-bond donors (Lipinski definition) is 0. The Labute approximate surface area is 237 Å². The third-order valence-electron chi connectivity index (χ3n) is 7.54. The number of piperidine rings is 1. The van der Waals surface area contributed by atoms with Gasteiger partial charge in [0.1, 0.15) is 5.52 Å². The van der Waals surface area contributed by atoms with Gasteiger partial charge in [-0.15, -0.1) is 10.2 Å². The summed E-state index contributed by atoms with van der Waals surface area (Å²) < 4.78 is 13.7. The quantitative estimate of drug-likeness (QED) is 0.203. The maximum atomic E-state index is 12.7. The summed E-state index contributed by atoms with van der Waals surface area (Å²) in [6, 6.07) is 14.3. The van der Waals surface area contributed by atoms with Crippen LogP contribution < -0.4 is 0 Å². The normalized spacial score (nSPS) is 17.0. The lowest BCUT2D eigenvalue weighted by Gasteiger charge is -2.37. The lowest BCUT2D eigenvalue weighted by atomic mass is 10.0. The van der Waals surface area contributed by atoms with Gasteiger partial charge in [-0.2, -0.15) is 0 Å². The highest BCUT2D eigenvalue weighted by Crippen LogP contribution is 2.32. The summed E-state index contributed by atoms with van der Waals surface area (Å²) in [6.45, 7) is 5.44. The molecule has 1 spiro atoms. The zero-order valence-corrected chi connectivity index (χ0v) is 23.6. The van der Waals surface area contributed by atoms with Crippen LogP contribution in [-0.4, -0.2) is 68.4 Å². The Morgan fingerprint density at radius 3 is 2.69 bits per heavy atom. The van der Waals surface area contributed by atoms with Crippen molar-refractivity contribution in [1.82, 2.24) is 24.6 Å². The predicted molar refractivity (Wildman–Crippen MR) is 153 cm³/mol. The highest BCUT2D eigenvalue weighted by molar-refractivity contribution is 7.99. The number of carbonyl (C=O) groups is 1. The maximum absolute atomic E-state index is 12.7. The van der Waals surface area contributed by atoms with Gasteiger partial charge in [-0.3, -0.25) is 4.79 Å². The zero-order valence-electron chi connectivity index (χ0n) is 22.1. The van der Waals surface area contributed by atoms with E-state index in [9.17, 15) is 4.79 Å². The van der Waals surface area contributed by atoms with Crippen LogP contribution >= 0.6 is 23.4 Å². The molecular weight excluding hydrogens is 534 g/mol. The van der Waals surface area contributed by atoms with E-state index in [2.05, 4.69) is 46.0 Å². The monoisotopic (exact) mass is 565 g/mol. The fourth-order valence-electron chi connectivity index (χ4n) is 5.48. The minimum absolute atomic E-state index is 0.216. The number of rotatable bonds is 8. The predicted octanol–water partition coefficient (Wildman–Crippen LogP) is 5.62. The van der Waals surface area contributed by atoms with Crippen LogP contribution in [0.5, 0.6) is 0 Å². The minimum atomic E-state index is -0.443. The van der Waals surface area contributed by atoms with Gasteiger partial charge in [-0.05, 0) is 49.6 Å². The number of carbonyl (C=O) groups excluding carboxylic acids is 1. The van der Waals surface area contributed by atoms with Gasteiger partial charge in [0.25, 0.3) is 0 Å². The van der Waals surface area contributed by atoms with Gasteiger partial charge >= 0.3 is 0 Å². The molecule has 2 aromatic carbocycles. The third-order valence-corrected chi connectivity index (χ3v) is 8.70. The number of ether oxygens (including phenoxy) is 2. The van der Waals surface area contributed by atoms with Crippen LogP contribution in [0.15, 0.2) is 47.6 Å². The molecule has 0 unspecified atom stereocenters. The van der Waals surface area contributed by atoms with Crippen molar-refractivity contribution in [3.8, 4) is 0 Å². The molecule has 204 valence electrons. The van der Waals surface area contributed by atoms with E-state index in [4.69, 9.17) is 26.1 Å². The summed E-state index contributed by atoms with van der Waals surface area (Å²) in [7, 11) is 0. The molecule has 2 aromatic heterocycles. The Kier molecular flexibility index (Phi) is 7.75. The number of amides is 1. The Morgan fingerprint density at radius 2 is 1.90 bits per heavy atom. The molecule has 4 aromatic rings. The van der Waals surface area contributed by atoms with Gasteiger partial charge < -0.3 is 18.9 Å². The number of unbranched alkanes of at least 4 members (excludes halogenated alkanes) is 1. The van der Waals surface area contributed by atoms with Crippen LogP contribution in [0.3, 0.4) is 0 Å². The molecule has 0 saturated carbocycles. The molecule has 4 heterocycles. The summed E-state index contributed by atoms with van der Waals surface area (Å²) in [5, 5.41) is 11.4. The standard InChI is InChI=1S/C29H32ClN5O3S/c1-20-8-9-24-23(17-20)26-27(35(24)19-21-5-4-6-22(30)18-21)31-28(33-32-26)39-16-3-2-7-25(36)34-12-10-29(11-13-34)37-14-15-38-29/h4-6,8-9,17-18H,2-3,7,10-16,19H2,1H3. The van der Waals surface area contributed by atoms with Crippen LogP contribution in [0.1, 0.15) is 43.2 Å². The summed E-state index contributed by atoms with van der Waals surface area (Å²) >= 11 is 7.84. The maximum Gasteiger partial charge on any atom is 0.222 e. The number of thioether (sulfide) groups is 1. The molecule has 0 aliphatic carbocycles. The molecule has 1 amide bonds. The zero-order chi connectivity index (χ0) is 26.8. The van der Waals surface area contributed by atoms with Gasteiger partial charge in [-0.25, -0.2) is 4.98 Å². The number of aromatic nitrogens is 4. The van der Waals surface area contributed by atoms with Gasteiger partial charge in [0.15, 0.2) is 11.4 Å². The number of halogens is 1. The Morgan fingerprint density at radius 1 is 1.08 bits per heavy atom. The fraction of sp³-hybridized carbons (Fsp3) is 0.448. The van der Waals surface area contributed by atoms with Crippen molar-refractivity contribution in [2.45, 2.75) is 56.5 Å². The molecule has 0 bridgehead atoms. The van der Waals surface area contributed by atoms with Crippen molar-refractivity contribution < 1.29 is 14.3 Å². The molecule has 10 heteroatoms. The van der Waals surface area contributed by atoms with E-state index in [0.717, 1.165) is 59.1 Å². The number of fused-ring (bicyclic) bond motifs is 3. The first-order valence-corrected chi connectivity index (χ1v) is 14.9. The Hall–Kier alpha value is -2.72. The third kappa shape index (κ3) is 5.77.